The molecule has 5 aromatic carbocycles. The fourth-order valence-corrected chi connectivity index (χ4v) is 10.5. The van der Waals surface area contributed by atoms with Crippen LogP contribution in [-0.2, 0) is 27.1 Å². The molecule has 14 nitrogen and oxygen atoms in total. The first-order valence-corrected chi connectivity index (χ1v) is 25.8. The van der Waals surface area contributed by atoms with Gasteiger partial charge in [0, 0.05) is 37.2 Å². The summed E-state index contributed by atoms with van der Waals surface area (Å²) in [5.41, 5.74) is 3.52. The third kappa shape index (κ3) is 11.9. The van der Waals surface area contributed by atoms with Gasteiger partial charge in [0.1, 0.15) is 29.1 Å². The number of hydrogen-bond donors (Lipinski definition) is 3. The van der Waals surface area contributed by atoms with Crippen LogP contribution in [0.2, 0.25) is 0 Å². The first-order valence-electron chi connectivity index (χ1n) is 24.5. The van der Waals surface area contributed by atoms with Gasteiger partial charge in [0.05, 0.1) is 58.3 Å². The number of aromatic nitrogens is 1. The van der Waals surface area contributed by atoms with Gasteiger partial charge in [0.25, 0.3) is 11.8 Å². The Hall–Kier alpha value is -7.66. The molecular formula is C57H56F3N7O7S2. The minimum absolute atomic E-state index is 0.00381. The third-order valence-electron chi connectivity index (χ3n) is 13.3. The molecule has 0 saturated carbocycles. The number of alkyl halides is 3. The van der Waals surface area contributed by atoms with E-state index in [4.69, 9.17) is 21.7 Å². The minimum atomic E-state index is -4.81. The van der Waals surface area contributed by atoms with E-state index in [-0.39, 0.29) is 36.2 Å². The van der Waals surface area contributed by atoms with E-state index in [0.717, 1.165) is 49.9 Å². The molecule has 394 valence electrons. The summed E-state index contributed by atoms with van der Waals surface area (Å²) >= 11 is 7.24. The van der Waals surface area contributed by atoms with Crippen LogP contribution < -0.4 is 29.9 Å². The van der Waals surface area contributed by atoms with Crippen LogP contribution in [0.1, 0.15) is 80.2 Å². The number of benzene rings is 5. The van der Waals surface area contributed by atoms with Crippen molar-refractivity contribution in [3.8, 4) is 39.1 Å². The van der Waals surface area contributed by atoms with Crippen molar-refractivity contribution in [2.75, 3.05) is 29.6 Å². The number of halogens is 3. The second-order valence-corrected chi connectivity index (χ2v) is 21.4. The Morgan fingerprint density at radius 1 is 0.882 bits per heavy atom. The lowest BCUT2D eigenvalue weighted by molar-refractivity contribution is -0.142. The first-order chi connectivity index (χ1) is 36.0. The maximum Gasteiger partial charge on any atom is 0.417 e. The summed E-state index contributed by atoms with van der Waals surface area (Å²) in [4.78, 5) is 64.4. The number of carbonyl (C=O) groups excluding carboxylic acids is 4. The number of anilines is 2. The number of aryl methyl sites for hydroxylation is 1. The molecule has 8 rings (SSSR count). The molecule has 0 bridgehead atoms. The van der Waals surface area contributed by atoms with Crippen LogP contribution in [0.15, 0.2) is 121 Å². The van der Waals surface area contributed by atoms with Gasteiger partial charge < -0.3 is 35.0 Å². The predicted molar refractivity (Wildman–Crippen MR) is 288 cm³/mol. The zero-order valence-corrected chi connectivity index (χ0v) is 44.2. The van der Waals surface area contributed by atoms with Crippen molar-refractivity contribution in [1.82, 2.24) is 20.5 Å². The number of hydrogen-bond acceptors (Lipinski definition) is 11. The standard InChI is InChI=1S/C57H56F3N7O7S2/c1-34-48(76-33-63-34)38-10-8-35(9-11-38)31-62-51(70)47-29-43(68)32-65(47)52(71)49(55(2,3)4)64-50(69)39-17-24-45(25-18-39)74-27-7-26-73-44-22-15-37(16-23-44)36-12-19-41(20-13-36)67-54(75)66(53(72)56(67,5)6)42-21-14-40(30-61)46(28-42)57(58,59)60/h8-25,28,33,43,47,49,68H,7,26-27,29,31-32H2,1-6H3,(H,62,70)(H,64,69)/t43-,47+,49-/m1/s1. The molecule has 4 amide bonds. The number of ether oxygens (including phenoxy) is 2. The van der Waals surface area contributed by atoms with E-state index in [1.165, 1.54) is 11.0 Å². The smallest absolute Gasteiger partial charge is 0.417 e. The highest BCUT2D eigenvalue weighted by molar-refractivity contribution is 7.81. The highest BCUT2D eigenvalue weighted by Gasteiger charge is 2.51. The van der Waals surface area contributed by atoms with Crippen molar-refractivity contribution in [1.29, 1.82) is 5.26 Å². The van der Waals surface area contributed by atoms with Gasteiger partial charge in [-0.1, -0.05) is 69.3 Å². The summed E-state index contributed by atoms with van der Waals surface area (Å²) < 4.78 is 53.2. The Balaban J connectivity index is 0.794. The van der Waals surface area contributed by atoms with E-state index in [9.17, 15) is 42.7 Å². The molecule has 0 spiro atoms. The van der Waals surface area contributed by atoms with Gasteiger partial charge in [0.2, 0.25) is 11.8 Å². The summed E-state index contributed by atoms with van der Waals surface area (Å²) in [5, 5.41) is 25.7. The summed E-state index contributed by atoms with van der Waals surface area (Å²) in [6.45, 7) is 11.6. The highest BCUT2D eigenvalue weighted by atomic mass is 32.1. The number of nitrogens with one attached hydrogen (secondary N) is 2. The lowest BCUT2D eigenvalue weighted by Crippen LogP contribution is -2.57. The molecule has 2 fully saturated rings. The fraction of sp³-hybridized carbons (Fsp3) is 0.316. The van der Waals surface area contributed by atoms with E-state index >= 15 is 0 Å². The van der Waals surface area contributed by atoms with Crippen LogP contribution in [0.3, 0.4) is 0 Å². The van der Waals surface area contributed by atoms with Crippen molar-refractivity contribution >= 4 is 63.7 Å². The third-order valence-corrected chi connectivity index (χ3v) is 14.6. The van der Waals surface area contributed by atoms with Crippen LogP contribution >= 0.6 is 23.6 Å². The number of aliphatic hydroxyl groups is 1. The van der Waals surface area contributed by atoms with E-state index in [1.54, 1.807) is 78.1 Å². The minimum Gasteiger partial charge on any atom is -0.493 e. The average molecular weight is 1070 g/mol. The van der Waals surface area contributed by atoms with Gasteiger partial charge >= 0.3 is 6.18 Å². The van der Waals surface area contributed by atoms with Crippen LogP contribution in [0.5, 0.6) is 11.5 Å². The molecule has 3 heterocycles. The Labute approximate surface area is 448 Å². The molecule has 19 heteroatoms. The fourth-order valence-electron chi connectivity index (χ4n) is 9.14. The van der Waals surface area contributed by atoms with E-state index < -0.39 is 64.2 Å². The lowest BCUT2D eigenvalue weighted by Gasteiger charge is -2.35. The van der Waals surface area contributed by atoms with Gasteiger partial charge in [-0.25, -0.2) is 4.98 Å². The quantitative estimate of drug-likeness (QED) is 0.0621. The van der Waals surface area contributed by atoms with Crippen molar-refractivity contribution in [2.45, 2.75) is 90.8 Å². The number of amides is 4. The molecule has 3 atom stereocenters. The van der Waals surface area contributed by atoms with Crippen LogP contribution in [0.25, 0.3) is 21.6 Å². The number of carbonyl (C=O) groups is 4. The van der Waals surface area contributed by atoms with Gasteiger partial charge in [-0.05, 0) is 127 Å². The number of aliphatic hydroxyl groups excluding tert-OH is 1. The predicted octanol–water partition coefficient (Wildman–Crippen LogP) is 9.86. The molecule has 2 aliphatic rings. The Morgan fingerprint density at radius 2 is 1.46 bits per heavy atom. The summed E-state index contributed by atoms with van der Waals surface area (Å²) in [5.74, 6) is -0.674. The lowest BCUT2D eigenvalue weighted by atomic mass is 9.85. The average Bonchev–Trinajstić information content (AvgIpc) is 4.08. The number of nitriles is 1. The zero-order valence-electron chi connectivity index (χ0n) is 42.6. The highest BCUT2D eigenvalue weighted by Crippen LogP contribution is 2.40. The second-order valence-electron chi connectivity index (χ2n) is 20.2. The molecular weight excluding hydrogens is 1020 g/mol. The number of rotatable bonds is 16. The van der Waals surface area contributed by atoms with Gasteiger partial charge in [-0.2, -0.15) is 18.4 Å². The molecule has 0 radical (unpaired) electrons. The number of thiocarbonyl (C=S) groups is 1. The second kappa shape index (κ2) is 22.3. The van der Waals surface area contributed by atoms with Gasteiger partial charge in [-0.3, -0.25) is 24.1 Å². The van der Waals surface area contributed by atoms with Crippen molar-refractivity contribution in [3.05, 3.63) is 149 Å². The van der Waals surface area contributed by atoms with Gasteiger partial charge in [-0.15, -0.1) is 11.3 Å². The van der Waals surface area contributed by atoms with E-state index in [0.29, 0.717) is 42.4 Å². The zero-order chi connectivity index (χ0) is 54.7. The molecule has 0 aliphatic carbocycles. The number of likely N-dealkylation sites (tertiary alicyclic amines) is 1. The van der Waals surface area contributed by atoms with Crippen molar-refractivity contribution in [3.63, 3.8) is 0 Å². The van der Waals surface area contributed by atoms with Crippen molar-refractivity contribution in [2.24, 2.45) is 5.41 Å². The topological polar surface area (TPSA) is 177 Å². The number of thiazole rings is 1. The number of β-amino-alcohol motifs (C(OH)–C–C–N with tert-alkyl or cyclic N) is 1. The van der Waals surface area contributed by atoms with Crippen LogP contribution in [-0.4, -0.2) is 87.2 Å². The van der Waals surface area contributed by atoms with E-state index in [2.05, 4.69) is 15.6 Å². The Bertz CT molecular complexity index is 3170. The summed E-state index contributed by atoms with van der Waals surface area (Å²) in [6.07, 6.45) is -5.08. The molecule has 1 aromatic heterocycles. The molecule has 6 aromatic rings. The summed E-state index contributed by atoms with van der Waals surface area (Å²) in [7, 11) is 0. The van der Waals surface area contributed by atoms with E-state index in [1.807, 2.05) is 88.4 Å². The first kappa shape index (κ1) is 54.6. The maximum atomic E-state index is 14.2. The van der Waals surface area contributed by atoms with Crippen LogP contribution in [0, 0.1) is 23.7 Å². The Kier molecular flexibility index (Phi) is 16.0. The SMILES string of the molecule is Cc1ncsc1-c1ccc(CNC(=O)[C@@H]2C[C@@H](O)CN2C(=O)[C@@H](NC(=O)c2ccc(OCCCOc3ccc(-c4ccc(N5C(=S)N(c6ccc(C#N)c(C(F)(F)F)c6)C(=O)C5(C)C)cc4)cc3)cc2)C(C)(C)C)cc1. The molecule has 2 saturated heterocycles. The largest absolute Gasteiger partial charge is 0.493 e. The maximum absolute atomic E-state index is 14.2. The monoisotopic (exact) mass is 1070 g/mol. The van der Waals surface area contributed by atoms with Gasteiger partial charge in [0.15, 0.2) is 5.11 Å². The van der Waals surface area contributed by atoms with Crippen molar-refractivity contribution < 1.29 is 46.9 Å². The summed E-state index contributed by atoms with van der Waals surface area (Å²) in [6, 6.07) is 31.9. The molecule has 3 N–H and O–H groups in total. The normalized spacial score (nSPS) is 16.8. The molecule has 2 aliphatic heterocycles. The van der Waals surface area contributed by atoms with Crippen LogP contribution in [0.4, 0.5) is 24.5 Å². The Morgan fingerprint density at radius 3 is 2.03 bits per heavy atom. The number of nitrogens with zero attached hydrogens (tertiary/aromatic N) is 5. The molecule has 0 unspecified atom stereocenters. The molecule has 76 heavy (non-hydrogen) atoms.